The topological polar surface area (TPSA) is 75.6 Å². The third-order valence-corrected chi connectivity index (χ3v) is 2.25. The summed E-state index contributed by atoms with van der Waals surface area (Å²) in [7, 11) is 0. The van der Waals surface area contributed by atoms with Gasteiger partial charge in [-0.15, -0.1) is 0 Å². The van der Waals surface area contributed by atoms with Gasteiger partial charge in [0.05, 0.1) is 17.5 Å². The zero-order valence-corrected chi connectivity index (χ0v) is 8.81. The molecule has 1 heterocycles. The van der Waals surface area contributed by atoms with Crippen LogP contribution in [-0.2, 0) is 0 Å². The Morgan fingerprint density at radius 2 is 1.94 bits per heavy atom. The number of aryl methyl sites for hydroxylation is 1. The predicted octanol–water partition coefficient (Wildman–Crippen LogP) is 1.91. The summed E-state index contributed by atoms with van der Waals surface area (Å²) in [5, 5.41) is 8.95. The summed E-state index contributed by atoms with van der Waals surface area (Å²) in [5.74, 6) is 0.176. The number of hydrogen-bond donors (Lipinski definition) is 1. The van der Waals surface area contributed by atoms with Gasteiger partial charge in [-0.3, -0.25) is 0 Å². The highest BCUT2D eigenvalue weighted by molar-refractivity contribution is 5.67. The normalized spacial score (nSPS) is 9.75. The second-order valence-electron chi connectivity index (χ2n) is 3.47. The molecule has 4 nitrogen and oxygen atoms in total. The van der Waals surface area contributed by atoms with E-state index < -0.39 is 0 Å². The predicted molar refractivity (Wildman–Crippen MR) is 61.3 cm³/mol. The largest absolute Gasteiger partial charge is 0.368 e. The van der Waals surface area contributed by atoms with Gasteiger partial charge in [0.1, 0.15) is 6.07 Å². The van der Waals surface area contributed by atoms with Crippen molar-refractivity contribution in [3.05, 3.63) is 41.6 Å². The summed E-state index contributed by atoms with van der Waals surface area (Å²) in [5.41, 5.74) is 8.55. The molecule has 0 aliphatic heterocycles. The molecule has 0 saturated carbocycles. The van der Waals surface area contributed by atoms with Crippen LogP contribution < -0.4 is 5.73 Å². The average molecular weight is 210 g/mol. The minimum absolute atomic E-state index is 0.176. The fraction of sp³-hybridized carbons (Fsp3) is 0.0833. The standard InChI is InChI=1S/C12H10N4/c1-8-2-4-9(5-3-8)11-10(6-13)7-15-12(14)16-11/h2-5,7H,1H3,(H2,14,15,16). The Balaban J connectivity index is 2.59. The first-order valence-corrected chi connectivity index (χ1v) is 4.80. The molecule has 0 unspecified atom stereocenters. The van der Waals surface area contributed by atoms with Crippen LogP contribution in [0.25, 0.3) is 11.3 Å². The Labute approximate surface area is 93.4 Å². The van der Waals surface area contributed by atoms with E-state index in [1.807, 2.05) is 31.2 Å². The van der Waals surface area contributed by atoms with E-state index in [0.29, 0.717) is 11.3 Å². The lowest BCUT2D eigenvalue weighted by atomic mass is 10.1. The van der Waals surface area contributed by atoms with Crippen LogP contribution in [0.5, 0.6) is 0 Å². The van der Waals surface area contributed by atoms with Crippen molar-refractivity contribution in [1.82, 2.24) is 9.97 Å². The van der Waals surface area contributed by atoms with Crippen molar-refractivity contribution in [2.24, 2.45) is 0 Å². The molecule has 2 N–H and O–H groups in total. The van der Waals surface area contributed by atoms with Crippen LogP contribution in [0.3, 0.4) is 0 Å². The minimum atomic E-state index is 0.176. The molecule has 0 aliphatic rings. The zero-order chi connectivity index (χ0) is 11.5. The average Bonchev–Trinajstić information content (AvgIpc) is 2.30. The summed E-state index contributed by atoms with van der Waals surface area (Å²) in [6.45, 7) is 2.00. The molecule has 16 heavy (non-hydrogen) atoms. The van der Waals surface area contributed by atoms with Crippen LogP contribution in [-0.4, -0.2) is 9.97 Å². The molecule has 0 atom stereocenters. The van der Waals surface area contributed by atoms with Crippen molar-refractivity contribution >= 4 is 5.95 Å². The van der Waals surface area contributed by atoms with Crippen molar-refractivity contribution in [2.45, 2.75) is 6.92 Å². The van der Waals surface area contributed by atoms with Gasteiger partial charge in [-0.05, 0) is 6.92 Å². The lowest BCUT2D eigenvalue weighted by molar-refractivity contribution is 1.17. The fourth-order valence-electron chi connectivity index (χ4n) is 1.41. The van der Waals surface area contributed by atoms with Crippen molar-refractivity contribution in [3.63, 3.8) is 0 Å². The molecule has 0 radical (unpaired) electrons. The maximum atomic E-state index is 8.95. The van der Waals surface area contributed by atoms with E-state index in [0.717, 1.165) is 11.1 Å². The highest BCUT2D eigenvalue weighted by Gasteiger charge is 2.07. The van der Waals surface area contributed by atoms with Gasteiger partial charge >= 0.3 is 0 Å². The van der Waals surface area contributed by atoms with Gasteiger partial charge in [0, 0.05) is 5.56 Å². The second-order valence-corrected chi connectivity index (χ2v) is 3.47. The quantitative estimate of drug-likeness (QED) is 0.780. The van der Waals surface area contributed by atoms with Crippen LogP contribution in [0.2, 0.25) is 0 Å². The highest BCUT2D eigenvalue weighted by Crippen LogP contribution is 2.21. The summed E-state index contributed by atoms with van der Waals surface area (Å²) in [4.78, 5) is 7.89. The molecule has 0 fully saturated rings. The highest BCUT2D eigenvalue weighted by atomic mass is 15.0. The molecule has 78 valence electrons. The number of nitrogen functional groups attached to an aromatic ring is 1. The Bertz CT molecular complexity index is 552. The van der Waals surface area contributed by atoms with E-state index in [1.54, 1.807) is 0 Å². The SMILES string of the molecule is Cc1ccc(-c2nc(N)ncc2C#N)cc1. The molecular formula is C12H10N4. The molecule has 0 saturated heterocycles. The van der Waals surface area contributed by atoms with Crippen molar-refractivity contribution in [3.8, 4) is 17.3 Å². The van der Waals surface area contributed by atoms with Gasteiger partial charge in [0.2, 0.25) is 5.95 Å². The van der Waals surface area contributed by atoms with Crippen molar-refractivity contribution in [2.75, 3.05) is 5.73 Å². The molecule has 0 amide bonds. The Kier molecular flexibility index (Phi) is 2.52. The van der Waals surface area contributed by atoms with Crippen LogP contribution in [0.15, 0.2) is 30.5 Å². The van der Waals surface area contributed by atoms with Gasteiger partial charge in [0.25, 0.3) is 0 Å². The number of nitrogens with zero attached hydrogens (tertiary/aromatic N) is 3. The Hall–Kier alpha value is -2.41. The maximum absolute atomic E-state index is 8.95. The van der Waals surface area contributed by atoms with E-state index in [9.17, 15) is 0 Å². The Morgan fingerprint density at radius 1 is 1.25 bits per heavy atom. The number of hydrogen-bond acceptors (Lipinski definition) is 4. The molecule has 4 heteroatoms. The summed E-state index contributed by atoms with van der Waals surface area (Å²) in [6, 6.07) is 9.82. The lowest BCUT2D eigenvalue weighted by Crippen LogP contribution is -1.98. The number of aromatic nitrogens is 2. The van der Waals surface area contributed by atoms with Crippen LogP contribution in [0.4, 0.5) is 5.95 Å². The minimum Gasteiger partial charge on any atom is -0.368 e. The first kappa shape index (κ1) is 10.1. The van der Waals surface area contributed by atoms with Crippen LogP contribution in [0, 0.1) is 18.3 Å². The van der Waals surface area contributed by atoms with Crippen LogP contribution >= 0.6 is 0 Å². The van der Waals surface area contributed by atoms with Gasteiger partial charge in [-0.25, -0.2) is 9.97 Å². The second kappa shape index (κ2) is 3.99. The molecular weight excluding hydrogens is 200 g/mol. The maximum Gasteiger partial charge on any atom is 0.220 e. The number of anilines is 1. The summed E-state index contributed by atoms with van der Waals surface area (Å²) >= 11 is 0. The fourth-order valence-corrected chi connectivity index (χ4v) is 1.41. The smallest absolute Gasteiger partial charge is 0.220 e. The molecule has 2 rings (SSSR count). The van der Waals surface area contributed by atoms with E-state index in [4.69, 9.17) is 11.0 Å². The van der Waals surface area contributed by atoms with Gasteiger partial charge < -0.3 is 5.73 Å². The molecule has 1 aromatic carbocycles. The molecule has 0 spiro atoms. The van der Waals surface area contributed by atoms with E-state index in [2.05, 4.69) is 16.0 Å². The van der Waals surface area contributed by atoms with Crippen molar-refractivity contribution in [1.29, 1.82) is 5.26 Å². The number of nitrogens with two attached hydrogens (primary N) is 1. The number of nitriles is 1. The van der Waals surface area contributed by atoms with Crippen LogP contribution in [0.1, 0.15) is 11.1 Å². The summed E-state index contributed by atoms with van der Waals surface area (Å²) in [6.07, 6.45) is 1.44. The lowest BCUT2D eigenvalue weighted by Gasteiger charge is -2.03. The first-order chi connectivity index (χ1) is 7.70. The van der Waals surface area contributed by atoms with E-state index in [1.165, 1.54) is 6.20 Å². The van der Waals surface area contributed by atoms with Gasteiger partial charge in [-0.2, -0.15) is 5.26 Å². The number of rotatable bonds is 1. The van der Waals surface area contributed by atoms with Gasteiger partial charge in [-0.1, -0.05) is 29.8 Å². The zero-order valence-electron chi connectivity index (χ0n) is 8.81. The monoisotopic (exact) mass is 210 g/mol. The van der Waals surface area contributed by atoms with E-state index >= 15 is 0 Å². The molecule has 0 bridgehead atoms. The molecule has 2 aromatic rings. The third-order valence-electron chi connectivity index (χ3n) is 2.25. The molecule has 1 aromatic heterocycles. The third kappa shape index (κ3) is 1.84. The van der Waals surface area contributed by atoms with E-state index in [-0.39, 0.29) is 5.95 Å². The summed E-state index contributed by atoms with van der Waals surface area (Å²) < 4.78 is 0. The first-order valence-electron chi connectivity index (χ1n) is 4.80. The van der Waals surface area contributed by atoms with Gasteiger partial charge in [0.15, 0.2) is 0 Å². The van der Waals surface area contributed by atoms with Crippen molar-refractivity contribution < 1.29 is 0 Å². The Morgan fingerprint density at radius 3 is 2.56 bits per heavy atom. The molecule has 0 aliphatic carbocycles. The number of benzene rings is 1.